The number of halogens is 1. The molecular weight excluding hydrogens is 229 g/mol. The Morgan fingerprint density at radius 2 is 2.17 bits per heavy atom. The molecule has 2 N–H and O–H groups in total. The Morgan fingerprint density at radius 3 is 2.89 bits per heavy atom. The largest absolute Gasteiger partial charge is 0.315 e. The number of benzene rings is 1. The van der Waals surface area contributed by atoms with Crippen LogP contribution in [-0.2, 0) is 6.42 Å². The molecule has 18 heavy (non-hydrogen) atoms. The topological polar surface area (TPSA) is 27.3 Å². The Morgan fingerprint density at radius 1 is 1.39 bits per heavy atom. The van der Waals surface area contributed by atoms with Gasteiger partial charge >= 0.3 is 0 Å². The van der Waals surface area contributed by atoms with Crippen LogP contribution in [0.2, 0.25) is 0 Å². The van der Waals surface area contributed by atoms with Crippen LogP contribution < -0.4 is 10.6 Å². The molecule has 0 amide bonds. The summed E-state index contributed by atoms with van der Waals surface area (Å²) in [6, 6.07) is 7.28. The van der Waals surface area contributed by atoms with Gasteiger partial charge in [0, 0.05) is 32.2 Å². The van der Waals surface area contributed by atoms with E-state index >= 15 is 0 Å². The molecule has 1 aliphatic rings. The summed E-state index contributed by atoms with van der Waals surface area (Å²) < 4.78 is 12.7. The van der Waals surface area contributed by atoms with E-state index in [1.54, 1.807) is 0 Å². The molecule has 0 aromatic heterocycles. The van der Waals surface area contributed by atoms with Gasteiger partial charge in [-0.3, -0.25) is 0 Å². The minimum Gasteiger partial charge on any atom is -0.315 e. The molecule has 0 spiro atoms. The third-order valence-electron chi connectivity index (χ3n) is 3.35. The van der Waals surface area contributed by atoms with E-state index in [-0.39, 0.29) is 5.82 Å². The van der Waals surface area contributed by atoms with E-state index in [0.29, 0.717) is 6.04 Å². The van der Waals surface area contributed by atoms with Crippen LogP contribution in [0.3, 0.4) is 0 Å². The molecule has 0 radical (unpaired) electrons. The molecule has 1 aromatic carbocycles. The molecule has 1 heterocycles. The van der Waals surface area contributed by atoms with E-state index in [4.69, 9.17) is 0 Å². The molecule has 100 valence electrons. The van der Waals surface area contributed by atoms with Crippen molar-refractivity contribution in [1.82, 2.24) is 15.5 Å². The van der Waals surface area contributed by atoms with Crippen molar-refractivity contribution in [2.24, 2.45) is 0 Å². The average molecular weight is 251 g/mol. The van der Waals surface area contributed by atoms with Gasteiger partial charge in [0.15, 0.2) is 0 Å². The summed E-state index contributed by atoms with van der Waals surface area (Å²) in [6.45, 7) is 5.23. The van der Waals surface area contributed by atoms with Crippen molar-refractivity contribution >= 4 is 0 Å². The molecule has 0 bridgehead atoms. The van der Waals surface area contributed by atoms with Crippen LogP contribution in [-0.4, -0.2) is 50.7 Å². The molecule has 0 saturated carbocycles. The maximum Gasteiger partial charge on any atom is 0.123 e. The average Bonchev–Trinajstić information content (AvgIpc) is 2.37. The fourth-order valence-corrected chi connectivity index (χ4v) is 2.29. The van der Waals surface area contributed by atoms with Gasteiger partial charge in [-0.25, -0.2) is 4.39 Å². The highest BCUT2D eigenvalue weighted by atomic mass is 19.1. The standard InChI is InChI=1S/C14H22FN3/c1-18-9-8-17-14(11-18)10-16-7-6-12-2-4-13(15)5-3-12/h2-5,14,16-17H,6-11H2,1H3. The number of nitrogens with zero attached hydrogens (tertiary/aromatic N) is 1. The van der Waals surface area contributed by atoms with Crippen LogP contribution in [0.4, 0.5) is 4.39 Å². The zero-order valence-corrected chi connectivity index (χ0v) is 11.0. The SMILES string of the molecule is CN1CCNC(CNCCc2ccc(F)cc2)C1. The summed E-state index contributed by atoms with van der Waals surface area (Å²) in [4.78, 5) is 2.35. The van der Waals surface area contributed by atoms with Gasteiger partial charge in [-0.05, 0) is 37.7 Å². The number of likely N-dealkylation sites (N-methyl/N-ethyl adjacent to an activating group) is 1. The predicted octanol–water partition coefficient (Wildman–Crippen LogP) is 0.861. The van der Waals surface area contributed by atoms with Crippen molar-refractivity contribution in [3.05, 3.63) is 35.6 Å². The van der Waals surface area contributed by atoms with Crippen LogP contribution in [0, 0.1) is 5.82 Å². The van der Waals surface area contributed by atoms with E-state index in [2.05, 4.69) is 22.6 Å². The lowest BCUT2D eigenvalue weighted by Crippen LogP contribution is -2.53. The number of piperazine rings is 1. The molecule has 2 rings (SSSR count). The highest BCUT2D eigenvalue weighted by Gasteiger charge is 2.15. The van der Waals surface area contributed by atoms with Crippen LogP contribution in [0.5, 0.6) is 0 Å². The Labute approximate surface area is 108 Å². The van der Waals surface area contributed by atoms with Crippen molar-refractivity contribution in [3.63, 3.8) is 0 Å². The second kappa shape index (κ2) is 6.83. The minimum absolute atomic E-state index is 0.166. The molecule has 1 unspecified atom stereocenters. The first-order chi connectivity index (χ1) is 8.74. The van der Waals surface area contributed by atoms with Crippen molar-refractivity contribution in [3.8, 4) is 0 Å². The maximum atomic E-state index is 12.7. The molecular formula is C14H22FN3. The Balaban J connectivity index is 1.62. The summed E-state index contributed by atoms with van der Waals surface area (Å²) in [5, 5.41) is 6.96. The predicted molar refractivity (Wildman–Crippen MR) is 72.3 cm³/mol. The number of nitrogens with one attached hydrogen (secondary N) is 2. The summed E-state index contributed by atoms with van der Waals surface area (Å²) >= 11 is 0. The zero-order valence-electron chi connectivity index (χ0n) is 11.0. The van der Waals surface area contributed by atoms with E-state index in [1.807, 2.05) is 12.1 Å². The molecule has 0 aliphatic carbocycles. The summed E-state index contributed by atoms with van der Waals surface area (Å²) in [7, 11) is 2.16. The third kappa shape index (κ3) is 4.37. The molecule has 3 nitrogen and oxygen atoms in total. The Hall–Kier alpha value is -0.970. The number of hydrogen-bond donors (Lipinski definition) is 2. The smallest absolute Gasteiger partial charge is 0.123 e. The molecule has 1 aromatic rings. The van der Waals surface area contributed by atoms with Gasteiger partial charge < -0.3 is 15.5 Å². The van der Waals surface area contributed by atoms with Crippen LogP contribution >= 0.6 is 0 Å². The number of hydrogen-bond acceptors (Lipinski definition) is 3. The fraction of sp³-hybridized carbons (Fsp3) is 0.571. The Kier molecular flexibility index (Phi) is 5.11. The summed E-state index contributed by atoms with van der Waals surface area (Å²) in [5.74, 6) is -0.166. The normalized spacial score (nSPS) is 21.1. The van der Waals surface area contributed by atoms with Gasteiger partial charge in [0.25, 0.3) is 0 Å². The quantitative estimate of drug-likeness (QED) is 0.760. The van der Waals surface area contributed by atoms with Crippen molar-refractivity contribution < 1.29 is 4.39 Å². The Bertz CT molecular complexity index is 353. The van der Waals surface area contributed by atoms with Crippen LogP contribution in [0.15, 0.2) is 24.3 Å². The van der Waals surface area contributed by atoms with E-state index in [0.717, 1.165) is 39.1 Å². The highest BCUT2D eigenvalue weighted by molar-refractivity contribution is 5.16. The van der Waals surface area contributed by atoms with Gasteiger partial charge in [-0.15, -0.1) is 0 Å². The first-order valence-corrected chi connectivity index (χ1v) is 6.61. The lowest BCUT2D eigenvalue weighted by atomic mass is 10.1. The van der Waals surface area contributed by atoms with E-state index in [9.17, 15) is 4.39 Å². The lowest BCUT2D eigenvalue weighted by molar-refractivity contribution is 0.235. The van der Waals surface area contributed by atoms with Crippen molar-refractivity contribution in [2.75, 3.05) is 39.8 Å². The fourth-order valence-electron chi connectivity index (χ4n) is 2.29. The van der Waals surface area contributed by atoms with Gasteiger partial charge in [-0.1, -0.05) is 12.1 Å². The maximum absolute atomic E-state index is 12.7. The molecule has 4 heteroatoms. The van der Waals surface area contributed by atoms with Gasteiger partial charge in [0.1, 0.15) is 5.82 Å². The summed E-state index contributed by atoms with van der Waals surface area (Å²) in [5.41, 5.74) is 1.18. The van der Waals surface area contributed by atoms with Gasteiger partial charge in [0.2, 0.25) is 0 Å². The highest BCUT2D eigenvalue weighted by Crippen LogP contribution is 2.02. The summed E-state index contributed by atoms with van der Waals surface area (Å²) in [6.07, 6.45) is 0.947. The third-order valence-corrected chi connectivity index (χ3v) is 3.35. The van der Waals surface area contributed by atoms with Gasteiger partial charge in [-0.2, -0.15) is 0 Å². The minimum atomic E-state index is -0.166. The van der Waals surface area contributed by atoms with E-state index in [1.165, 1.54) is 17.7 Å². The first-order valence-electron chi connectivity index (χ1n) is 6.61. The van der Waals surface area contributed by atoms with Crippen molar-refractivity contribution in [2.45, 2.75) is 12.5 Å². The second-order valence-corrected chi connectivity index (χ2v) is 4.99. The monoisotopic (exact) mass is 251 g/mol. The lowest BCUT2D eigenvalue weighted by Gasteiger charge is -2.31. The van der Waals surface area contributed by atoms with Crippen LogP contribution in [0.25, 0.3) is 0 Å². The molecule has 1 aliphatic heterocycles. The van der Waals surface area contributed by atoms with Crippen molar-refractivity contribution in [1.29, 1.82) is 0 Å². The molecule has 1 fully saturated rings. The van der Waals surface area contributed by atoms with Crippen LogP contribution in [0.1, 0.15) is 5.56 Å². The molecule has 1 saturated heterocycles. The molecule has 1 atom stereocenters. The zero-order chi connectivity index (χ0) is 12.8. The van der Waals surface area contributed by atoms with Gasteiger partial charge in [0.05, 0.1) is 0 Å². The number of rotatable bonds is 5. The second-order valence-electron chi connectivity index (χ2n) is 4.99. The first kappa shape index (κ1) is 13.5. The van der Waals surface area contributed by atoms with E-state index < -0.39 is 0 Å².